The van der Waals surface area contributed by atoms with Crippen molar-refractivity contribution in [2.45, 2.75) is 57.2 Å². The van der Waals surface area contributed by atoms with Crippen LogP contribution in [0.25, 0.3) is 0 Å². The highest BCUT2D eigenvalue weighted by atomic mass is 35.5. The Balaban J connectivity index is 1.64. The molecule has 4 atom stereocenters. The van der Waals surface area contributed by atoms with E-state index in [2.05, 4.69) is 12.6 Å². The van der Waals surface area contributed by atoms with Gasteiger partial charge in [-0.2, -0.15) is 4.31 Å². The number of likely N-dealkylation sites (tertiary alicyclic amines) is 1. The molecule has 4 unspecified atom stereocenters. The molecule has 9 heteroatoms. The molecule has 1 saturated carbocycles. The zero-order chi connectivity index (χ0) is 31.6. The Hall–Kier alpha value is -2.84. The summed E-state index contributed by atoms with van der Waals surface area (Å²) in [5.74, 6) is 0.758. The van der Waals surface area contributed by atoms with Crippen LogP contribution in [0.15, 0.2) is 85.5 Å². The molecule has 234 valence electrons. The second-order valence-corrected chi connectivity index (χ2v) is 15.3. The van der Waals surface area contributed by atoms with E-state index >= 15 is 0 Å². The number of sulfonamides is 1. The zero-order valence-corrected chi connectivity index (χ0v) is 27.8. The van der Waals surface area contributed by atoms with Gasteiger partial charge in [0.05, 0.1) is 24.8 Å². The smallest absolute Gasteiger partial charge is 0.229 e. The molecule has 2 aliphatic rings. The zero-order valence-electron chi connectivity index (χ0n) is 25.5. The quantitative estimate of drug-likeness (QED) is 0.186. The topological polar surface area (TPSA) is 66.9 Å². The van der Waals surface area contributed by atoms with Crippen LogP contribution in [-0.2, 0) is 21.4 Å². The third kappa shape index (κ3) is 7.17. The highest BCUT2D eigenvalue weighted by Gasteiger charge is 2.53. The molecule has 1 aliphatic heterocycles. The number of halogens is 2. The molecule has 1 amide bonds. The van der Waals surface area contributed by atoms with E-state index < -0.39 is 15.4 Å². The van der Waals surface area contributed by atoms with E-state index in [1.165, 1.54) is 10.6 Å². The van der Waals surface area contributed by atoms with Crippen molar-refractivity contribution < 1.29 is 17.9 Å². The van der Waals surface area contributed by atoms with Crippen LogP contribution in [0.4, 0.5) is 0 Å². The molecule has 44 heavy (non-hydrogen) atoms. The molecule has 3 aromatic carbocycles. The Morgan fingerprint density at radius 2 is 1.75 bits per heavy atom. The summed E-state index contributed by atoms with van der Waals surface area (Å²) in [6.07, 6.45) is 6.01. The number of carbonyl (C=O) groups excluding carboxylic acids is 1. The van der Waals surface area contributed by atoms with Gasteiger partial charge in [-0.3, -0.25) is 4.79 Å². The number of hydrogen-bond donors (Lipinski definition) is 0. The van der Waals surface area contributed by atoms with Gasteiger partial charge in [0.2, 0.25) is 15.9 Å². The van der Waals surface area contributed by atoms with E-state index in [0.29, 0.717) is 28.6 Å². The molecule has 0 aromatic heterocycles. The minimum atomic E-state index is -3.63. The van der Waals surface area contributed by atoms with Crippen molar-refractivity contribution in [3.63, 3.8) is 0 Å². The van der Waals surface area contributed by atoms with E-state index in [0.717, 1.165) is 29.5 Å². The second kappa shape index (κ2) is 13.3. The van der Waals surface area contributed by atoms with Gasteiger partial charge in [0, 0.05) is 35.1 Å². The highest BCUT2D eigenvalue weighted by Crippen LogP contribution is 2.54. The molecule has 1 heterocycles. The molecule has 1 aliphatic carbocycles. The lowest BCUT2D eigenvalue weighted by molar-refractivity contribution is -0.155. The van der Waals surface area contributed by atoms with E-state index in [9.17, 15) is 13.2 Å². The number of allylic oxidation sites excluding steroid dienone is 1. The summed E-state index contributed by atoms with van der Waals surface area (Å²) >= 11 is 12.8. The average molecular weight is 656 g/mol. The maximum atomic E-state index is 14.8. The Bertz CT molecular complexity index is 1610. The van der Waals surface area contributed by atoms with Crippen molar-refractivity contribution in [3.8, 4) is 5.75 Å². The molecule has 1 saturated heterocycles. The molecule has 0 N–H and O–H groups in total. The molecule has 6 nitrogen and oxygen atoms in total. The SMILES string of the molecule is C=CCC1(C)CC(c2cccc(Cl)c2)C(c2ccc(Cl)cc2)N(C(CN(Cc2cccc(OC)c2)S(C)(=O)=O)C2CC2)C1=O. The lowest BCUT2D eigenvalue weighted by atomic mass is 9.67. The molecule has 2 fully saturated rings. The van der Waals surface area contributed by atoms with Crippen LogP contribution in [-0.4, -0.2) is 49.5 Å². The van der Waals surface area contributed by atoms with Crippen LogP contribution in [0.1, 0.15) is 61.3 Å². The normalized spacial score (nSPS) is 23.0. The Labute approximate surface area is 271 Å². The number of nitrogens with zero attached hydrogens (tertiary/aromatic N) is 2. The minimum absolute atomic E-state index is 0.0161. The number of ether oxygens (including phenoxy) is 1. The van der Waals surface area contributed by atoms with Gasteiger partial charge in [-0.05, 0) is 84.7 Å². The van der Waals surface area contributed by atoms with E-state index in [1.54, 1.807) is 7.11 Å². The number of piperidine rings is 1. The lowest BCUT2D eigenvalue weighted by Crippen LogP contribution is -2.58. The van der Waals surface area contributed by atoms with Crippen molar-refractivity contribution in [2.75, 3.05) is 19.9 Å². The van der Waals surface area contributed by atoms with Crippen LogP contribution < -0.4 is 4.74 Å². The fraction of sp³-hybridized carbons (Fsp3) is 0.400. The third-order valence-electron chi connectivity index (χ3n) is 9.06. The summed E-state index contributed by atoms with van der Waals surface area (Å²) in [4.78, 5) is 16.8. The van der Waals surface area contributed by atoms with Gasteiger partial charge in [-0.1, -0.05) is 72.6 Å². The number of rotatable bonds is 12. The first kappa shape index (κ1) is 32.6. The van der Waals surface area contributed by atoms with E-state index in [1.807, 2.05) is 84.6 Å². The van der Waals surface area contributed by atoms with Gasteiger partial charge >= 0.3 is 0 Å². The van der Waals surface area contributed by atoms with Gasteiger partial charge in [-0.25, -0.2) is 8.42 Å². The number of benzene rings is 3. The summed E-state index contributed by atoms with van der Waals surface area (Å²) < 4.78 is 33.5. The highest BCUT2D eigenvalue weighted by molar-refractivity contribution is 7.88. The second-order valence-electron chi connectivity index (χ2n) is 12.4. The molecule has 3 aromatic rings. The van der Waals surface area contributed by atoms with Crippen LogP contribution in [0.2, 0.25) is 10.0 Å². The third-order valence-corrected chi connectivity index (χ3v) is 10.8. The Morgan fingerprint density at radius 1 is 1.05 bits per heavy atom. The minimum Gasteiger partial charge on any atom is -0.497 e. The summed E-state index contributed by atoms with van der Waals surface area (Å²) in [6.45, 7) is 6.35. The van der Waals surface area contributed by atoms with Crippen LogP contribution in [0.3, 0.4) is 0 Å². The fourth-order valence-corrected chi connectivity index (χ4v) is 7.83. The van der Waals surface area contributed by atoms with Crippen LogP contribution in [0.5, 0.6) is 5.75 Å². The van der Waals surface area contributed by atoms with Crippen molar-refractivity contribution in [2.24, 2.45) is 11.3 Å². The van der Waals surface area contributed by atoms with Gasteiger partial charge in [-0.15, -0.1) is 6.58 Å². The predicted octanol–water partition coefficient (Wildman–Crippen LogP) is 7.88. The average Bonchev–Trinajstić information content (AvgIpc) is 3.83. The Kier molecular flexibility index (Phi) is 9.81. The summed E-state index contributed by atoms with van der Waals surface area (Å²) in [5, 5.41) is 1.24. The number of hydrogen-bond acceptors (Lipinski definition) is 4. The largest absolute Gasteiger partial charge is 0.497 e. The molecule has 5 rings (SSSR count). The van der Waals surface area contributed by atoms with Crippen molar-refractivity contribution >= 4 is 39.1 Å². The molecular weight excluding hydrogens is 615 g/mol. The number of amides is 1. The van der Waals surface area contributed by atoms with Gasteiger partial charge in [0.25, 0.3) is 0 Å². The molecular formula is C35H40Cl2N2O4S. The summed E-state index contributed by atoms with van der Waals surface area (Å²) in [6, 6.07) is 22.3. The summed E-state index contributed by atoms with van der Waals surface area (Å²) in [5.41, 5.74) is 2.08. The molecule has 0 spiro atoms. The molecule has 0 radical (unpaired) electrons. The number of methoxy groups -OCH3 is 1. The standard InChI is InChI=1S/C35H40Cl2N2O4S/c1-5-18-35(2)21-31(27-9-7-10-29(37)20-27)33(26-14-16-28(36)17-15-26)39(34(35)40)32(25-12-13-25)23-38(44(4,41)42)22-24-8-6-11-30(19-24)43-3/h5-11,14-17,19-20,25,31-33H,1,12-13,18,21-23H2,2-4H3. The fourth-order valence-electron chi connectivity index (χ4n) is 6.70. The number of carbonyl (C=O) groups is 1. The lowest BCUT2D eigenvalue weighted by Gasteiger charge is -2.52. The van der Waals surface area contributed by atoms with E-state index in [-0.39, 0.29) is 42.9 Å². The van der Waals surface area contributed by atoms with Crippen LogP contribution in [0, 0.1) is 11.3 Å². The predicted molar refractivity (Wildman–Crippen MR) is 178 cm³/mol. The van der Waals surface area contributed by atoms with Crippen LogP contribution >= 0.6 is 23.2 Å². The summed E-state index contributed by atoms with van der Waals surface area (Å²) in [7, 11) is -2.04. The molecule has 0 bridgehead atoms. The monoisotopic (exact) mass is 654 g/mol. The first-order chi connectivity index (χ1) is 20.9. The van der Waals surface area contributed by atoms with Crippen molar-refractivity contribution in [3.05, 3.63) is 112 Å². The van der Waals surface area contributed by atoms with Gasteiger partial charge in [0.15, 0.2) is 0 Å². The van der Waals surface area contributed by atoms with Gasteiger partial charge in [0.1, 0.15) is 5.75 Å². The van der Waals surface area contributed by atoms with Crippen molar-refractivity contribution in [1.29, 1.82) is 0 Å². The maximum absolute atomic E-state index is 14.8. The van der Waals surface area contributed by atoms with E-state index in [4.69, 9.17) is 27.9 Å². The first-order valence-corrected chi connectivity index (χ1v) is 17.6. The van der Waals surface area contributed by atoms with Crippen molar-refractivity contribution in [1.82, 2.24) is 9.21 Å². The first-order valence-electron chi connectivity index (χ1n) is 15.0. The maximum Gasteiger partial charge on any atom is 0.229 e. The van der Waals surface area contributed by atoms with Gasteiger partial charge < -0.3 is 9.64 Å². The Morgan fingerprint density at radius 3 is 2.36 bits per heavy atom.